The van der Waals surface area contributed by atoms with Gasteiger partial charge in [-0.3, -0.25) is 14.8 Å². The Bertz CT molecular complexity index is 1240. The molecule has 3 heterocycles. The van der Waals surface area contributed by atoms with Gasteiger partial charge in [-0.2, -0.15) is 0 Å². The van der Waals surface area contributed by atoms with Gasteiger partial charge < -0.3 is 14.8 Å². The summed E-state index contributed by atoms with van der Waals surface area (Å²) in [5.41, 5.74) is 6.91. The maximum absolute atomic E-state index is 13.5. The van der Waals surface area contributed by atoms with Crippen LogP contribution in [0.25, 0.3) is 17.0 Å². The van der Waals surface area contributed by atoms with Gasteiger partial charge in [-0.1, -0.05) is 36.4 Å². The number of carbonyl (C=O) groups excluding carboxylic acids is 2. The lowest BCUT2D eigenvalue weighted by atomic mass is 9.91. The van der Waals surface area contributed by atoms with Crippen molar-refractivity contribution in [1.29, 1.82) is 0 Å². The van der Waals surface area contributed by atoms with Gasteiger partial charge in [-0.15, -0.1) is 0 Å². The number of carbonyl (C=O) groups is 2. The highest BCUT2D eigenvalue weighted by Crippen LogP contribution is 2.36. The minimum atomic E-state index is -0.576. The van der Waals surface area contributed by atoms with Crippen molar-refractivity contribution >= 4 is 28.7 Å². The molecular weight excluding hydrogens is 440 g/mol. The Morgan fingerprint density at radius 1 is 1.09 bits per heavy atom. The predicted molar refractivity (Wildman–Crippen MR) is 136 cm³/mol. The van der Waals surface area contributed by atoms with Gasteiger partial charge in [0.15, 0.2) is 5.78 Å². The molecule has 5 rings (SSSR count). The van der Waals surface area contributed by atoms with Crippen molar-refractivity contribution in [3.05, 3.63) is 77.0 Å². The molecule has 7 heteroatoms. The van der Waals surface area contributed by atoms with E-state index in [0.29, 0.717) is 6.42 Å². The van der Waals surface area contributed by atoms with Crippen LogP contribution in [0.1, 0.15) is 41.3 Å². The fourth-order valence-electron chi connectivity index (χ4n) is 5.47. The molecule has 35 heavy (non-hydrogen) atoms. The lowest BCUT2D eigenvalue weighted by molar-refractivity contribution is -0.124. The van der Waals surface area contributed by atoms with Crippen LogP contribution in [0, 0.1) is 0 Å². The molecular formula is C28H32N4O3. The van der Waals surface area contributed by atoms with Gasteiger partial charge in [0.25, 0.3) is 5.91 Å². The summed E-state index contributed by atoms with van der Waals surface area (Å²) in [6.07, 6.45) is 6.76. The van der Waals surface area contributed by atoms with Crippen molar-refractivity contribution in [3.63, 3.8) is 0 Å². The summed E-state index contributed by atoms with van der Waals surface area (Å²) in [4.78, 5) is 27.5. The second kappa shape index (κ2) is 10.6. The molecule has 1 saturated heterocycles. The van der Waals surface area contributed by atoms with Crippen molar-refractivity contribution in [2.24, 2.45) is 0 Å². The molecule has 1 amide bonds. The van der Waals surface area contributed by atoms with Crippen LogP contribution in [0.15, 0.2) is 54.6 Å². The first kappa shape index (κ1) is 23.5. The fourth-order valence-corrected chi connectivity index (χ4v) is 5.47. The number of likely N-dealkylation sites (tertiary alicyclic amines) is 1. The summed E-state index contributed by atoms with van der Waals surface area (Å²) in [5, 5.41) is 13.3. The number of nitrogens with zero attached hydrogens (tertiary/aromatic N) is 2. The number of rotatable bonds is 8. The van der Waals surface area contributed by atoms with E-state index in [1.54, 1.807) is 11.6 Å². The zero-order valence-electron chi connectivity index (χ0n) is 19.9. The van der Waals surface area contributed by atoms with E-state index in [0.717, 1.165) is 66.7 Å². The molecule has 0 spiro atoms. The molecule has 7 nitrogen and oxygen atoms in total. The number of nitrogens with one attached hydrogen (secondary N) is 2. The highest BCUT2D eigenvalue weighted by molar-refractivity contribution is 5.97. The van der Waals surface area contributed by atoms with E-state index < -0.39 is 5.91 Å². The first-order valence-electron chi connectivity index (χ1n) is 12.4. The molecule has 3 aromatic rings. The molecule has 1 aromatic heterocycles. The molecule has 0 aliphatic carbocycles. The molecule has 2 aromatic carbocycles. The Labute approximate surface area is 205 Å². The van der Waals surface area contributed by atoms with Crippen LogP contribution in [0.2, 0.25) is 0 Å². The van der Waals surface area contributed by atoms with Gasteiger partial charge in [-0.25, -0.2) is 5.48 Å². The summed E-state index contributed by atoms with van der Waals surface area (Å²) >= 11 is 0. The Kier molecular flexibility index (Phi) is 7.08. The monoisotopic (exact) mass is 472 g/mol. The van der Waals surface area contributed by atoms with Crippen molar-refractivity contribution in [2.75, 3.05) is 26.2 Å². The minimum absolute atomic E-state index is 0.163. The third-order valence-corrected chi connectivity index (χ3v) is 7.16. The van der Waals surface area contributed by atoms with Crippen molar-refractivity contribution < 1.29 is 14.8 Å². The summed E-state index contributed by atoms with van der Waals surface area (Å²) < 4.78 is 2.40. The number of hydrogen-bond acceptors (Lipinski definition) is 5. The van der Waals surface area contributed by atoms with Crippen LogP contribution in [-0.2, 0) is 29.0 Å². The Hall–Kier alpha value is -3.26. The van der Waals surface area contributed by atoms with Crippen molar-refractivity contribution in [1.82, 2.24) is 20.3 Å². The lowest BCUT2D eigenvalue weighted by Crippen LogP contribution is -2.36. The topological polar surface area (TPSA) is 86.6 Å². The predicted octanol–water partition coefficient (Wildman–Crippen LogP) is 3.25. The lowest BCUT2D eigenvalue weighted by Gasteiger charge is -2.26. The van der Waals surface area contributed by atoms with Gasteiger partial charge in [-0.05, 0) is 55.3 Å². The summed E-state index contributed by atoms with van der Waals surface area (Å²) in [5.74, 6) is -0.413. The van der Waals surface area contributed by atoms with E-state index in [-0.39, 0.29) is 11.8 Å². The number of hydrogen-bond donors (Lipinski definition) is 3. The van der Waals surface area contributed by atoms with E-state index in [1.807, 2.05) is 36.4 Å². The van der Waals surface area contributed by atoms with Crippen molar-refractivity contribution in [3.8, 4) is 0 Å². The summed E-state index contributed by atoms with van der Waals surface area (Å²) in [6, 6.07) is 15.6. The summed E-state index contributed by atoms with van der Waals surface area (Å²) in [7, 11) is 0. The van der Waals surface area contributed by atoms with Gasteiger partial charge >= 0.3 is 0 Å². The molecule has 1 atom stereocenters. The second-order valence-electron chi connectivity index (χ2n) is 9.41. The van der Waals surface area contributed by atoms with E-state index in [2.05, 4.69) is 26.9 Å². The summed E-state index contributed by atoms with van der Waals surface area (Å²) in [6.45, 7) is 4.98. The number of amides is 1. The zero-order chi connectivity index (χ0) is 24.2. The number of benzene rings is 2. The molecule has 3 N–H and O–H groups in total. The fraction of sp³-hybridized carbons (Fsp3) is 0.357. The number of aromatic nitrogens is 1. The number of hydroxylamine groups is 1. The van der Waals surface area contributed by atoms with Crippen LogP contribution in [0.3, 0.4) is 0 Å². The van der Waals surface area contributed by atoms with Crippen LogP contribution in [0.5, 0.6) is 0 Å². The van der Waals surface area contributed by atoms with Gasteiger partial charge in [0.2, 0.25) is 0 Å². The number of fused-ring (bicyclic) bond motifs is 3. The molecule has 1 fully saturated rings. The normalized spacial score (nSPS) is 18.3. The van der Waals surface area contributed by atoms with Crippen LogP contribution in [0.4, 0.5) is 0 Å². The quantitative estimate of drug-likeness (QED) is 0.266. The van der Waals surface area contributed by atoms with Crippen molar-refractivity contribution in [2.45, 2.75) is 38.3 Å². The highest BCUT2D eigenvalue weighted by atomic mass is 16.5. The van der Waals surface area contributed by atoms with Crippen LogP contribution >= 0.6 is 0 Å². The van der Waals surface area contributed by atoms with Crippen LogP contribution in [-0.4, -0.2) is 52.5 Å². The molecule has 0 radical (unpaired) electrons. The van der Waals surface area contributed by atoms with Gasteiger partial charge in [0, 0.05) is 60.7 Å². The Morgan fingerprint density at radius 2 is 1.89 bits per heavy atom. The largest absolute Gasteiger partial charge is 0.343 e. The van der Waals surface area contributed by atoms with E-state index in [1.165, 1.54) is 24.6 Å². The number of ketones is 1. The van der Waals surface area contributed by atoms with Gasteiger partial charge in [0.1, 0.15) is 0 Å². The minimum Gasteiger partial charge on any atom is -0.343 e. The first-order chi connectivity index (χ1) is 17.1. The molecule has 2 aliphatic heterocycles. The van der Waals surface area contributed by atoms with Crippen LogP contribution < -0.4 is 10.8 Å². The zero-order valence-corrected chi connectivity index (χ0v) is 19.9. The Morgan fingerprint density at radius 3 is 2.66 bits per heavy atom. The maximum Gasteiger partial charge on any atom is 0.267 e. The van der Waals surface area contributed by atoms with E-state index >= 15 is 0 Å². The Balaban J connectivity index is 1.54. The third-order valence-electron chi connectivity index (χ3n) is 7.16. The molecule has 0 bridgehead atoms. The standard InChI is InChI=1S/C28H32N4O3/c33-25(19-20-6-2-1-3-7-20)28-27-22-18-21(9-11-26(34)30-35)8-10-23(22)32(24(27)12-13-29-28)17-16-31-14-4-5-15-31/h1-3,6-11,18,28-29,35H,4-5,12-17,19H2,(H,30,34)/b11-9+. The maximum atomic E-state index is 13.5. The average Bonchev–Trinajstić information content (AvgIpc) is 3.52. The number of Topliss-reactive ketones (excluding diaryl/α,β-unsaturated/α-hetero) is 1. The third kappa shape index (κ3) is 5.07. The molecule has 182 valence electrons. The molecule has 2 aliphatic rings. The highest BCUT2D eigenvalue weighted by Gasteiger charge is 2.31. The second-order valence-corrected chi connectivity index (χ2v) is 9.41. The van der Waals surface area contributed by atoms with Gasteiger partial charge in [0.05, 0.1) is 6.04 Å². The average molecular weight is 473 g/mol. The van der Waals surface area contributed by atoms with E-state index in [9.17, 15) is 9.59 Å². The first-order valence-corrected chi connectivity index (χ1v) is 12.4. The molecule has 1 unspecified atom stereocenters. The SMILES string of the molecule is O=C(/C=C/c1ccc2c(c1)c1c(n2CCN2CCCC2)CCNC1C(=O)Cc1ccccc1)NO. The molecule has 0 saturated carbocycles. The smallest absolute Gasteiger partial charge is 0.267 e. The van der Waals surface area contributed by atoms with E-state index in [4.69, 9.17) is 5.21 Å².